The van der Waals surface area contributed by atoms with Gasteiger partial charge in [-0.05, 0) is 56.4 Å². The molecule has 3 amide bonds. The minimum atomic E-state index is -0.673. The Hall–Kier alpha value is -2.78. The van der Waals surface area contributed by atoms with Crippen molar-refractivity contribution in [2.75, 3.05) is 45.3 Å². The summed E-state index contributed by atoms with van der Waals surface area (Å²) in [6.45, 7) is 8.85. The summed E-state index contributed by atoms with van der Waals surface area (Å²) in [4.78, 5) is 47.2. The van der Waals surface area contributed by atoms with E-state index in [4.69, 9.17) is 4.74 Å². The number of fused-ring (bicyclic) bond motifs is 1. The van der Waals surface area contributed by atoms with Crippen molar-refractivity contribution >= 4 is 35.2 Å². The molecule has 0 aliphatic carbocycles. The van der Waals surface area contributed by atoms with E-state index in [1.165, 1.54) is 0 Å². The number of aliphatic hydroxyl groups excluding tert-OH is 1. The molecule has 3 aliphatic rings. The first-order valence-corrected chi connectivity index (χ1v) is 14.2. The second-order valence-electron chi connectivity index (χ2n) is 10.3. The summed E-state index contributed by atoms with van der Waals surface area (Å²) in [6.07, 6.45) is 7.00. The zero-order chi connectivity index (χ0) is 27.4. The standard InChI is InChI=1S/C29H39N3O5S/c1-5-16-30(3)26(34)23-22-14-15-29(38-22)24(23)27(35)32(18-8-7-9-19-33)25(29)28(36)31(17-6-2)20-10-12-21(37-4)13-11-20/h5-6,10-13,22-25,33H,1-2,7-9,14-19H2,3-4H3/t22-,23+,24-,25?,29?/m0/s1. The number of hydrogen-bond donors (Lipinski definition) is 1. The lowest BCUT2D eigenvalue weighted by molar-refractivity contribution is -0.143. The van der Waals surface area contributed by atoms with Crippen LogP contribution in [0, 0.1) is 11.8 Å². The van der Waals surface area contributed by atoms with E-state index in [1.807, 2.05) is 24.3 Å². The molecule has 3 saturated heterocycles. The third kappa shape index (κ3) is 4.86. The lowest BCUT2D eigenvalue weighted by Crippen LogP contribution is -2.55. The average molecular weight is 542 g/mol. The second-order valence-corrected chi connectivity index (χ2v) is 11.9. The van der Waals surface area contributed by atoms with Crippen LogP contribution in [0.25, 0.3) is 0 Å². The van der Waals surface area contributed by atoms with Crippen molar-refractivity contribution in [1.82, 2.24) is 9.80 Å². The van der Waals surface area contributed by atoms with Crippen LogP contribution < -0.4 is 9.64 Å². The molecule has 0 saturated carbocycles. The molecule has 2 bridgehead atoms. The molecule has 9 heteroatoms. The smallest absolute Gasteiger partial charge is 0.251 e. The minimum absolute atomic E-state index is 0.0180. The molecule has 3 fully saturated rings. The zero-order valence-corrected chi connectivity index (χ0v) is 23.2. The molecule has 3 heterocycles. The monoisotopic (exact) mass is 541 g/mol. The summed E-state index contributed by atoms with van der Waals surface area (Å²) < 4.78 is 4.65. The van der Waals surface area contributed by atoms with Gasteiger partial charge in [-0.25, -0.2) is 0 Å². The molecule has 38 heavy (non-hydrogen) atoms. The molecule has 0 radical (unpaired) electrons. The molecule has 8 nitrogen and oxygen atoms in total. The molecule has 3 aliphatic heterocycles. The number of thioether (sulfide) groups is 1. The van der Waals surface area contributed by atoms with Crippen molar-refractivity contribution in [3.63, 3.8) is 0 Å². The topological polar surface area (TPSA) is 90.4 Å². The van der Waals surface area contributed by atoms with Crippen LogP contribution >= 0.6 is 11.8 Å². The van der Waals surface area contributed by atoms with Crippen LogP contribution in [0.15, 0.2) is 49.6 Å². The number of ether oxygens (including phenoxy) is 1. The van der Waals surface area contributed by atoms with Gasteiger partial charge in [0.05, 0.1) is 23.7 Å². The van der Waals surface area contributed by atoms with E-state index in [0.717, 1.165) is 19.3 Å². The summed E-state index contributed by atoms with van der Waals surface area (Å²) in [5, 5.41) is 9.26. The van der Waals surface area contributed by atoms with Gasteiger partial charge in [-0.3, -0.25) is 14.4 Å². The van der Waals surface area contributed by atoms with Crippen molar-refractivity contribution in [2.24, 2.45) is 11.8 Å². The van der Waals surface area contributed by atoms with Gasteiger partial charge in [0.15, 0.2) is 0 Å². The number of benzene rings is 1. The highest BCUT2D eigenvalue weighted by Gasteiger charge is 2.73. The number of rotatable bonds is 13. The van der Waals surface area contributed by atoms with Crippen LogP contribution in [0.3, 0.4) is 0 Å². The Labute approximate surface area is 229 Å². The third-order valence-electron chi connectivity index (χ3n) is 8.12. The highest BCUT2D eigenvalue weighted by molar-refractivity contribution is 8.02. The summed E-state index contributed by atoms with van der Waals surface area (Å²) in [5.41, 5.74) is 0.708. The van der Waals surface area contributed by atoms with Gasteiger partial charge in [-0.15, -0.1) is 24.9 Å². The maximum absolute atomic E-state index is 14.5. The number of likely N-dealkylation sites (tertiary alicyclic amines) is 1. The average Bonchev–Trinajstić information content (AvgIpc) is 3.56. The van der Waals surface area contributed by atoms with E-state index in [0.29, 0.717) is 43.9 Å². The molecule has 0 aromatic heterocycles. The Morgan fingerprint density at radius 1 is 1.16 bits per heavy atom. The first-order chi connectivity index (χ1) is 18.3. The van der Waals surface area contributed by atoms with E-state index in [2.05, 4.69) is 13.2 Å². The number of methoxy groups -OCH3 is 1. The van der Waals surface area contributed by atoms with Crippen LogP contribution in [0.4, 0.5) is 5.69 Å². The Morgan fingerprint density at radius 3 is 2.50 bits per heavy atom. The summed E-state index contributed by atoms with van der Waals surface area (Å²) >= 11 is 1.68. The van der Waals surface area contributed by atoms with Crippen LogP contribution in [0.2, 0.25) is 0 Å². The number of unbranched alkanes of at least 4 members (excludes halogenated alkanes) is 2. The number of hydrogen-bond acceptors (Lipinski definition) is 6. The zero-order valence-electron chi connectivity index (χ0n) is 22.4. The number of anilines is 1. The van der Waals surface area contributed by atoms with Crippen molar-refractivity contribution in [1.29, 1.82) is 0 Å². The van der Waals surface area contributed by atoms with Crippen LogP contribution in [-0.2, 0) is 14.4 Å². The number of nitrogens with zero attached hydrogens (tertiary/aromatic N) is 3. The third-order valence-corrected chi connectivity index (χ3v) is 10.1. The first kappa shape index (κ1) is 28.2. The number of aliphatic hydroxyl groups is 1. The largest absolute Gasteiger partial charge is 0.497 e. The second kappa shape index (κ2) is 11.9. The fourth-order valence-electron chi connectivity index (χ4n) is 6.42. The Kier molecular flexibility index (Phi) is 8.88. The van der Waals surface area contributed by atoms with Gasteiger partial charge in [0.25, 0.3) is 5.91 Å². The predicted octanol–water partition coefficient (Wildman–Crippen LogP) is 3.11. The van der Waals surface area contributed by atoms with Gasteiger partial charge in [0, 0.05) is 44.2 Å². The molecule has 2 unspecified atom stereocenters. The molecule has 1 N–H and O–H groups in total. The molecule has 4 rings (SSSR count). The van der Waals surface area contributed by atoms with Gasteiger partial charge in [0.2, 0.25) is 11.8 Å². The highest BCUT2D eigenvalue weighted by Crippen LogP contribution is 2.66. The van der Waals surface area contributed by atoms with E-state index in [-0.39, 0.29) is 29.6 Å². The van der Waals surface area contributed by atoms with Gasteiger partial charge in [0.1, 0.15) is 11.8 Å². The molecule has 1 aromatic rings. The van der Waals surface area contributed by atoms with Crippen molar-refractivity contribution in [3.05, 3.63) is 49.6 Å². The maximum atomic E-state index is 14.5. The maximum Gasteiger partial charge on any atom is 0.251 e. The molecule has 5 atom stereocenters. The van der Waals surface area contributed by atoms with E-state index in [9.17, 15) is 19.5 Å². The van der Waals surface area contributed by atoms with Crippen molar-refractivity contribution in [3.8, 4) is 5.75 Å². The Balaban J connectivity index is 1.72. The Morgan fingerprint density at radius 2 is 1.87 bits per heavy atom. The SMILES string of the molecule is C=CCN(C)C(=O)[C@@H]1[C@@H]2CCC3(S2)C(C(=O)N(CC=C)c2ccc(OC)cc2)N(CCCCCO)C(=O)[C@H]13. The van der Waals surface area contributed by atoms with Gasteiger partial charge in [-0.1, -0.05) is 12.2 Å². The van der Waals surface area contributed by atoms with E-state index < -0.39 is 22.6 Å². The van der Waals surface area contributed by atoms with Crippen LogP contribution in [0.1, 0.15) is 32.1 Å². The minimum Gasteiger partial charge on any atom is -0.497 e. The predicted molar refractivity (Wildman–Crippen MR) is 150 cm³/mol. The van der Waals surface area contributed by atoms with Crippen molar-refractivity contribution < 1.29 is 24.2 Å². The van der Waals surface area contributed by atoms with E-state index in [1.54, 1.807) is 52.8 Å². The van der Waals surface area contributed by atoms with Crippen LogP contribution in [-0.4, -0.2) is 89.1 Å². The molecular weight excluding hydrogens is 502 g/mol. The number of carbonyl (C=O) groups excluding carboxylic acids is 3. The lowest BCUT2D eigenvalue weighted by atomic mass is 9.70. The fraction of sp³-hybridized carbons (Fsp3) is 0.552. The number of likely N-dealkylation sites (N-methyl/N-ethyl adjacent to an activating group) is 1. The summed E-state index contributed by atoms with van der Waals surface area (Å²) in [7, 11) is 3.34. The molecule has 1 spiro atoms. The molecule has 206 valence electrons. The summed E-state index contributed by atoms with van der Waals surface area (Å²) in [5.74, 6) is -0.574. The Bertz CT molecular complexity index is 1060. The number of carbonyl (C=O) groups is 3. The fourth-order valence-corrected chi connectivity index (χ4v) is 8.63. The number of amides is 3. The van der Waals surface area contributed by atoms with Crippen molar-refractivity contribution in [2.45, 2.75) is 48.1 Å². The van der Waals surface area contributed by atoms with Gasteiger partial charge in [-0.2, -0.15) is 0 Å². The molecular formula is C29H39N3O5S. The van der Waals surface area contributed by atoms with E-state index >= 15 is 0 Å². The highest BCUT2D eigenvalue weighted by atomic mass is 32.2. The van der Waals surface area contributed by atoms with Crippen LogP contribution in [0.5, 0.6) is 5.75 Å². The normalized spacial score (nSPS) is 27.2. The first-order valence-electron chi connectivity index (χ1n) is 13.4. The quantitative estimate of drug-likeness (QED) is 0.305. The summed E-state index contributed by atoms with van der Waals surface area (Å²) in [6, 6.07) is 6.63. The lowest BCUT2D eigenvalue weighted by Gasteiger charge is -2.37. The van der Waals surface area contributed by atoms with Gasteiger partial charge < -0.3 is 24.5 Å². The molecule has 1 aromatic carbocycles. The van der Waals surface area contributed by atoms with Gasteiger partial charge >= 0.3 is 0 Å².